The summed E-state index contributed by atoms with van der Waals surface area (Å²) >= 11 is 0. The summed E-state index contributed by atoms with van der Waals surface area (Å²) in [7, 11) is 0. The number of hydrogen-bond acceptors (Lipinski definition) is 3. The molecule has 212 valence electrons. The van der Waals surface area contributed by atoms with Crippen molar-refractivity contribution in [2.24, 2.45) is 0 Å². The van der Waals surface area contributed by atoms with Gasteiger partial charge in [0.2, 0.25) is 0 Å². The number of rotatable bonds is 4. The van der Waals surface area contributed by atoms with E-state index in [0.29, 0.717) is 11.4 Å². The highest BCUT2D eigenvalue weighted by Gasteiger charge is 2.21. The molecule has 0 unspecified atom stereocenters. The summed E-state index contributed by atoms with van der Waals surface area (Å²) in [6.45, 7) is 2.13. The van der Waals surface area contributed by atoms with Crippen LogP contribution in [-0.4, -0.2) is 14.5 Å². The summed E-state index contributed by atoms with van der Waals surface area (Å²) in [5.74, 6) is 0.660. The molecule has 4 heteroatoms. The lowest BCUT2D eigenvalue weighted by atomic mass is 9.99. The van der Waals surface area contributed by atoms with Crippen LogP contribution in [0.2, 0.25) is 0 Å². The van der Waals surface area contributed by atoms with Crippen molar-refractivity contribution in [2.75, 3.05) is 0 Å². The van der Waals surface area contributed by atoms with Gasteiger partial charge in [0.15, 0.2) is 11.4 Å². The monoisotopic (exact) mass is 577 g/mol. The number of hydrogen-bond donors (Lipinski definition) is 0. The van der Waals surface area contributed by atoms with Crippen LogP contribution in [0.5, 0.6) is 0 Å². The lowest BCUT2D eigenvalue weighted by Crippen LogP contribution is -1.97. The van der Waals surface area contributed by atoms with Gasteiger partial charge in [-0.3, -0.25) is 0 Å². The van der Waals surface area contributed by atoms with Crippen LogP contribution in [-0.2, 0) is 0 Å². The van der Waals surface area contributed by atoms with Crippen LogP contribution < -0.4 is 0 Å². The minimum absolute atomic E-state index is 0.660. The molecule has 0 aliphatic rings. The molecule has 45 heavy (non-hydrogen) atoms. The summed E-state index contributed by atoms with van der Waals surface area (Å²) in [6.07, 6.45) is 0. The lowest BCUT2D eigenvalue weighted by molar-refractivity contribution is 0.668. The fourth-order valence-electron chi connectivity index (χ4n) is 6.66. The van der Waals surface area contributed by atoms with Crippen molar-refractivity contribution < 1.29 is 4.42 Å². The Morgan fingerprint density at radius 3 is 1.91 bits per heavy atom. The molecule has 0 N–H and O–H groups in total. The summed E-state index contributed by atoms with van der Waals surface area (Å²) in [4.78, 5) is 10.4. The molecule has 0 atom stereocenters. The van der Waals surface area contributed by atoms with Crippen LogP contribution in [0.25, 0.3) is 83.3 Å². The predicted octanol–water partition coefficient (Wildman–Crippen LogP) is 10.8. The predicted molar refractivity (Wildman–Crippen MR) is 185 cm³/mol. The maximum absolute atomic E-state index is 6.72. The van der Waals surface area contributed by atoms with Gasteiger partial charge in [-0.2, -0.15) is 0 Å². The van der Waals surface area contributed by atoms with Gasteiger partial charge in [0, 0.05) is 38.5 Å². The Morgan fingerprint density at radius 1 is 0.511 bits per heavy atom. The second-order valence-electron chi connectivity index (χ2n) is 11.5. The Hall–Kier alpha value is -6.00. The average Bonchev–Trinajstić information content (AvgIpc) is 3.65. The van der Waals surface area contributed by atoms with Crippen molar-refractivity contribution in [3.05, 3.63) is 151 Å². The van der Waals surface area contributed by atoms with Crippen molar-refractivity contribution in [2.45, 2.75) is 6.92 Å². The van der Waals surface area contributed by atoms with E-state index in [1.807, 2.05) is 18.2 Å². The molecule has 0 radical (unpaired) electrons. The van der Waals surface area contributed by atoms with Crippen LogP contribution in [0.4, 0.5) is 0 Å². The highest BCUT2D eigenvalue weighted by atomic mass is 16.3. The number of nitrogens with zero attached hydrogens (tertiary/aromatic N) is 3. The van der Waals surface area contributed by atoms with Crippen LogP contribution in [0.15, 0.2) is 150 Å². The van der Waals surface area contributed by atoms with E-state index in [9.17, 15) is 0 Å². The number of benzene rings is 6. The Bertz CT molecular complexity index is 2500. The second kappa shape index (κ2) is 10.0. The van der Waals surface area contributed by atoms with Gasteiger partial charge in [0.1, 0.15) is 16.8 Å². The fourth-order valence-corrected chi connectivity index (χ4v) is 6.66. The zero-order valence-electron chi connectivity index (χ0n) is 24.6. The van der Waals surface area contributed by atoms with Gasteiger partial charge in [0.25, 0.3) is 0 Å². The topological polar surface area (TPSA) is 43.9 Å². The van der Waals surface area contributed by atoms with E-state index in [0.717, 1.165) is 50.1 Å². The number of aromatic nitrogens is 3. The zero-order chi connectivity index (χ0) is 29.9. The van der Waals surface area contributed by atoms with Gasteiger partial charge in [-0.05, 0) is 48.4 Å². The van der Waals surface area contributed by atoms with Gasteiger partial charge >= 0.3 is 0 Å². The molecule has 9 aromatic rings. The maximum atomic E-state index is 6.72. The number of furan rings is 1. The molecule has 0 bridgehead atoms. The molecular weight excluding hydrogens is 550 g/mol. The molecule has 0 amide bonds. The van der Waals surface area contributed by atoms with Gasteiger partial charge in [-0.15, -0.1) is 0 Å². The van der Waals surface area contributed by atoms with E-state index in [1.165, 1.54) is 27.4 Å². The van der Waals surface area contributed by atoms with Crippen molar-refractivity contribution in [1.29, 1.82) is 0 Å². The molecule has 6 aromatic carbocycles. The van der Waals surface area contributed by atoms with Crippen molar-refractivity contribution >= 4 is 43.9 Å². The van der Waals surface area contributed by atoms with E-state index >= 15 is 0 Å². The fraction of sp³-hybridized carbons (Fsp3) is 0.0244. The normalized spacial score (nSPS) is 11.7. The third-order valence-electron chi connectivity index (χ3n) is 8.76. The summed E-state index contributed by atoms with van der Waals surface area (Å²) < 4.78 is 9.05. The summed E-state index contributed by atoms with van der Waals surface area (Å²) in [6, 6.07) is 50.6. The van der Waals surface area contributed by atoms with Gasteiger partial charge < -0.3 is 8.98 Å². The molecule has 0 aliphatic heterocycles. The molecule has 4 nitrogen and oxygen atoms in total. The smallest absolute Gasteiger partial charge is 0.180 e. The second-order valence-corrected chi connectivity index (χ2v) is 11.5. The third-order valence-corrected chi connectivity index (χ3v) is 8.76. The van der Waals surface area contributed by atoms with E-state index in [2.05, 4.69) is 139 Å². The van der Waals surface area contributed by atoms with Gasteiger partial charge in [0.05, 0.1) is 11.0 Å². The number of fused-ring (bicyclic) bond motifs is 6. The Kier molecular flexibility index (Phi) is 5.69. The Balaban J connectivity index is 1.30. The van der Waals surface area contributed by atoms with E-state index in [1.54, 1.807) is 0 Å². The maximum Gasteiger partial charge on any atom is 0.180 e. The highest BCUT2D eigenvalue weighted by Crippen LogP contribution is 2.40. The molecule has 0 spiro atoms. The molecule has 0 fully saturated rings. The van der Waals surface area contributed by atoms with Crippen LogP contribution in [0, 0.1) is 6.92 Å². The largest absolute Gasteiger partial charge is 0.451 e. The average molecular weight is 578 g/mol. The van der Waals surface area contributed by atoms with Crippen molar-refractivity contribution in [1.82, 2.24) is 14.5 Å². The SMILES string of the molecule is Cc1ccccc1-c1cccc2c1oc1c(-c3ccccc3)nc(-c3cccc(-n4c5ccccc5c5ccccc54)c3)nc12. The summed E-state index contributed by atoms with van der Waals surface area (Å²) in [5, 5.41) is 3.44. The molecular formula is C41H27N3O. The van der Waals surface area contributed by atoms with Crippen LogP contribution in [0.3, 0.4) is 0 Å². The van der Waals surface area contributed by atoms with Crippen LogP contribution in [0.1, 0.15) is 5.56 Å². The molecule has 3 heterocycles. The molecule has 3 aromatic heterocycles. The van der Waals surface area contributed by atoms with Crippen molar-refractivity contribution in [3.8, 4) is 39.5 Å². The summed E-state index contributed by atoms with van der Waals surface area (Å²) in [5.41, 5.74) is 11.8. The van der Waals surface area contributed by atoms with E-state index < -0.39 is 0 Å². The Labute approximate surface area is 259 Å². The number of aryl methyl sites for hydroxylation is 1. The first-order chi connectivity index (χ1) is 22.2. The molecule has 0 aliphatic carbocycles. The molecule has 0 saturated carbocycles. The van der Waals surface area contributed by atoms with Gasteiger partial charge in [-0.1, -0.05) is 115 Å². The zero-order valence-corrected chi connectivity index (χ0v) is 24.6. The first-order valence-corrected chi connectivity index (χ1v) is 15.2. The first-order valence-electron chi connectivity index (χ1n) is 15.2. The molecule has 9 rings (SSSR count). The standard InChI is InChI=1S/C41H27N3O/c1-26-13-5-6-18-30(26)33-21-12-22-34-38-40(45-39(33)34)37(27-14-3-2-4-15-27)42-41(43-38)28-16-11-17-29(25-28)44-35-23-9-7-19-31(35)32-20-8-10-24-36(32)44/h2-25H,1H3. The molecule has 0 saturated heterocycles. The minimum atomic E-state index is 0.660. The van der Waals surface area contributed by atoms with Crippen LogP contribution >= 0.6 is 0 Å². The van der Waals surface area contributed by atoms with E-state index in [-0.39, 0.29) is 0 Å². The quantitative estimate of drug-likeness (QED) is 0.209. The third kappa shape index (κ3) is 4.00. The van der Waals surface area contributed by atoms with E-state index in [4.69, 9.17) is 14.4 Å². The highest BCUT2D eigenvalue weighted by molar-refractivity contribution is 6.11. The lowest BCUT2D eigenvalue weighted by Gasteiger charge is -2.11. The first kappa shape index (κ1) is 25.5. The van der Waals surface area contributed by atoms with Crippen molar-refractivity contribution in [3.63, 3.8) is 0 Å². The minimum Gasteiger partial charge on any atom is -0.451 e. The van der Waals surface area contributed by atoms with Gasteiger partial charge in [-0.25, -0.2) is 9.97 Å². The Morgan fingerprint density at radius 2 is 1.13 bits per heavy atom. The number of para-hydroxylation sites is 3.